The number of aromatic nitrogens is 3. The number of nitrogens with zero attached hydrogens (tertiary/aromatic N) is 4. The number of fused-ring (bicyclic) bond motifs is 1. The minimum atomic E-state index is -3.63. The summed E-state index contributed by atoms with van der Waals surface area (Å²) < 4.78 is 53.3. The summed E-state index contributed by atoms with van der Waals surface area (Å²) in [6.45, 7) is 4.68. The molecule has 3 aromatic heterocycles. The van der Waals surface area contributed by atoms with E-state index in [0.717, 1.165) is 17.2 Å². The summed E-state index contributed by atoms with van der Waals surface area (Å²) in [6, 6.07) is 10.0. The smallest absolute Gasteiger partial charge is 0.422 e. The van der Waals surface area contributed by atoms with Crippen molar-refractivity contribution < 1.29 is 26.9 Å². The van der Waals surface area contributed by atoms with E-state index >= 15 is 0 Å². The maximum Gasteiger partial charge on any atom is 0.422 e. The number of aldehydes is 1. The predicted octanol–water partition coefficient (Wildman–Crippen LogP) is 3.75. The molecule has 1 aromatic carbocycles. The van der Waals surface area contributed by atoms with Gasteiger partial charge in [-0.1, -0.05) is 0 Å². The Bertz CT molecular complexity index is 1510. The van der Waals surface area contributed by atoms with Gasteiger partial charge in [0.15, 0.2) is 0 Å². The highest BCUT2D eigenvalue weighted by Crippen LogP contribution is 2.36. The predicted molar refractivity (Wildman–Crippen MR) is 140 cm³/mol. The first-order valence-corrected chi connectivity index (χ1v) is 14.9. The van der Waals surface area contributed by atoms with E-state index in [0.29, 0.717) is 37.3 Å². The molecule has 1 fully saturated rings. The van der Waals surface area contributed by atoms with Crippen LogP contribution in [0.2, 0.25) is 0 Å². The van der Waals surface area contributed by atoms with Crippen LogP contribution in [0.4, 0.5) is 0 Å². The van der Waals surface area contributed by atoms with Crippen molar-refractivity contribution in [2.45, 2.75) is 60.4 Å². The molecular formula is C26H28N4O6S2. The lowest BCUT2D eigenvalue weighted by Crippen LogP contribution is -2.37. The summed E-state index contributed by atoms with van der Waals surface area (Å²) >= 11 is -1.69. The molecule has 4 heterocycles. The molecule has 0 aliphatic carbocycles. The third kappa shape index (κ3) is 5.21. The maximum atomic E-state index is 13.3. The summed E-state index contributed by atoms with van der Waals surface area (Å²) in [6.07, 6.45) is 6.70. The highest BCUT2D eigenvalue weighted by Gasteiger charge is 2.32. The van der Waals surface area contributed by atoms with Gasteiger partial charge in [-0.2, -0.15) is 14.3 Å². The molecule has 0 spiro atoms. The third-order valence-electron chi connectivity index (χ3n) is 6.48. The van der Waals surface area contributed by atoms with E-state index in [1.54, 1.807) is 34.9 Å². The summed E-state index contributed by atoms with van der Waals surface area (Å²) in [5.74, 6) is 0.717. The fourth-order valence-corrected chi connectivity index (χ4v) is 7.04. The fourth-order valence-electron chi connectivity index (χ4n) is 4.73. The van der Waals surface area contributed by atoms with Crippen LogP contribution in [-0.4, -0.2) is 57.3 Å². The molecule has 1 aliphatic rings. The number of rotatable bonds is 9. The average molecular weight is 557 g/mol. The van der Waals surface area contributed by atoms with Gasteiger partial charge in [-0.3, -0.25) is 0 Å². The topological polar surface area (TPSA) is 131 Å². The number of carbonyl (C=O) groups is 1. The Morgan fingerprint density at radius 2 is 1.92 bits per heavy atom. The molecule has 1 saturated heterocycles. The zero-order valence-corrected chi connectivity index (χ0v) is 22.7. The van der Waals surface area contributed by atoms with Crippen molar-refractivity contribution in [1.29, 1.82) is 0 Å². The standard InChI is InChI=1S/C26H28N4O6S2/c1-18(2)36-20-3-5-21(6-4-20)38(33,34)30-12-9-19(10-13-30)23-17-29(14-15-31)25-22(23)7-8-24(28-25)37(32)26-27-11-16-35-26/h3-8,11,15-19H,9-10,12-14H2,1-2H3. The van der Waals surface area contributed by atoms with Gasteiger partial charge in [0.1, 0.15) is 35.1 Å². The van der Waals surface area contributed by atoms with E-state index in [1.807, 2.05) is 26.1 Å². The molecule has 0 bridgehead atoms. The minimum absolute atomic E-state index is 0.00548. The molecule has 0 amide bonds. The van der Waals surface area contributed by atoms with Gasteiger partial charge >= 0.3 is 5.22 Å². The molecule has 12 heteroatoms. The second kappa shape index (κ2) is 10.9. The van der Waals surface area contributed by atoms with Crippen molar-refractivity contribution in [3.05, 3.63) is 60.6 Å². The van der Waals surface area contributed by atoms with Gasteiger partial charge in [-0.25, -0.2) is 8.42 Å². The van der Waals surface area contributed by atoms with Crippen molar-refractivity contribution in [2.24, 2.45) is 0 Å². The number of ether oxygens (including phenoxy) is 1. The highest BCUT2D eigenvalue weighted by molar-refractivity contribution is 7.91. The summed E-state index contributed by atoms with van der Waals surface area (Å²) in [7, 11) is -3.63. The largest absolute Gasteiger partial charge is 0.601 e. The van der Waals surface area contributed by atoms with Crippen LogP contribution in [0.25, 0.3) is 11.0 Å². The second-order valence-electron chi connectivity index (χ2n) is 9.31. The molecular weight excluding hydrogens is 528 g/mol. The van der Waals surface area contributed by atoms with Crippen molar-refractivity contribution in [2.75, 3.05) is 13.1 Å². The van der Waals surface area contributed by atoms with E-state index in [2.05, 4.69) is 9.97 Å². The third-order valence-corrected chi connectivity index (χ3v) is 9.52. The molecule has 1 aliphatic heterocycles. The Morgan fingerprint density at radius 3 is 2.55 bits per heavy atom. The first-order valence-electron chi connectivity index (χ1n) is 12.3. The van der Waals surface area contributed by atoms with Crippen molar-refractivity contribution in [1.82, 2.24) is 18.8 Å². The Balaban J connectivity index is 1.35. The van der Waals surface area contributed by atoms with E-state index in [-0.39, 0.29) is 33.7 Å². The van der Waals surface area contributed by atoms with Crippen LogP contribution in [-0.2, 0) is 32.5 Å². The van der Waals surface area contributed by atoms with Crippen LogP contribution in [0.1, 0.15) is 38.2 Å². The lowest BCUT2D eigenvalue weighted by Gasteiger charge is -2.31. The summed E-state index contributed by atoms with van der Waals surface area (Å²) in [5, 5.41) is 1.19. The normalized spacial score (nSPS) is 16.2. The van der Waals surface area contributed by atoms with Gasteiger partial charge < -0.3 is 23.1 Å². The molecule has 1 atom stereocenters. The van der Waals surface area contributed by atoms with Gasteiger partial charge in [0.05, 0.1) is 23.7 Å². The van der Waals surface area contributed by atoms with Crippen molar-refractivity contribution in [3.8, 4) is 5.75 Å². The van der Waals surface area contributed by atoms with Gasteiger partial charge in [-0.05, 0) is 68.5 Å². The van der Waals surface area contributed by atoms with Gasteiger partial charge in [0.25, 0.3) is 5.03 Å². The van der Waals surface area contributed by atoms with E-state index in [1.165, 1.54) is 16.8 Å². The number of piperidine rings is 1. The average Bonchev–Trinajstić information content (AvgIpc) is 3.57. The molecule has 5 rings (SSSR count). The molecule has 0 saturated carbocycles. The zero-order chi connectivity index (χ0) is 26.9. The van der Waals surface area contributed by atoms with Crippen molar-refractivity contribution in [3.63, 3.8) is 0 Å². The Morgan fingerprint density at radius 1 is 1.18 bits per heavy atom. The van der Waals surface area contributed by atoms with Crippen LogP contribution in [0.5, 0.6) is 5.75 Å². The zero-order valence-electron chi connectivity index (χ0n) is 21.0. The van der Waals surface area contributed by atoms with Crippen molar-refractivity contribution >= 4 is 38.5 Å². The number of hydrogen-bond donors (Lipinski definition) is 0. The minimum Gasteiger partial charge on any atom is -0.601 e. The van der Waals surface area contributed by atoms with Crippen LogP contribution in [0, 0.1) is 0 Å². The second-order valence-corrected chi connectivity index (χ2v) is 12.6. The quantitative estimate of drug-likeness (QED) is 0.225. The van der Waals surface area contributed by atoms with Gasteiger partial charge in [0.2, 0.25) is 10.0 Å². The number of benzene rings is 1. The first kappa shape index (κ1) is 26.4. The molecule has 1 unspecified atom stereocenters. The number of sulfonamides is 1. The maximum absolute atomic E-state index is 13.3. The summed E-state index contributed by atoms with van der Waals surface area (Å²) in [5.41, 5.74) is 1.54. The van der Waals surface area contributed by atoms with Gasteiger partial charge in [-0.15, -0.1) is 0 Å². The Kier molecular flexibility index (Phi) is 7.57. The highest BCUT2D eigenvalue weighted by atomic mass is 32.2. The molecule has 10 nitrogen and oxygen atoms in total. The monoisotopic (exact) mass is 556 g/mol. The molecule has 0 N–H and O–H groups in total. The van der Waals surface area contributed by atoms with Crippen LogP contribution in [0.3, 0.4) is 0 Å². The Labute approximate surface area is 223 Å². The van der Waals surface area contributed by atoms with Crippen LogP contribution in [0.15, 0.2) is 74.6 Å². The Hall–Kier alpha value is -3.19. The molecule has 38 heavy (non-hydrogen) atoms. The molecule has 0 radical (unpaired) electrons. The van der Waals surface area contributed by atoms with Gasteiger partial charge in [0, 0.05) is 30.7 Å². The molecule has 4 aromatic rings. The summed E-state index contributed by atoms with van der Waals surface area (Å²) in [4.78, 5) is 20.1. The van der Waals surface area contributed by atoms with E-state index < -0.39 is 21.2 Å². The fraction of sp³-hybridized carbons (Fsp3) is 0.346. The van der Waals surface area contributed by atoms with Crippen LogP contribution >= 0.6 is 0 Å². The molecule has 200 valence electrons. The lowest BCUT2D eigenvalue weighted by molar-refractivity contribution is -0.108. The van der Waals surface area contributed by atoms with Crippen LogP contribution < -0.4 is 4.74 Å². The van der Waals surface area contributed by atoms with E-state index in [9.17, 15) is 17.8 Å². The number of oxazole rings is 1. The van der Waals surface area contributed by atoms with E-state index in [4.69, 9.17) is 9.15 Å². The number of hydrogen-bond acceptors (Lipinski definition) is 8. The lowest BCUT2D eigenvalue weighted by atomic mass is 9.90. The number of pyridine rings is 1. The number of carbonyl (C=O) groups excluding carboxylic acids is 1. The SMILES string of the molecule is CC(C)Oc1ccc(S(=O)(=O)N2CCC(c3cn(CC=O)c4nc([S+]([O-])c5ncco5)ccc34)CC2)cc1. The first-order chi connectivity index (χ1) is 18.3.